The molecule has 0 atom stereocenters. The number of rotatable bonds is 9. The van der Waals surface area contributed by atoms with Gasteiger partial charge in [0.2, 0.25) is 10.0 Å². The van der Waals surface area contributed by atoms with E-state index in [1.807, 2.05) is 19.9 Å². The van der Waals surface area contributed by atoms with Gasteiger partial charge in [0.05, 0.1) is 15.1 Å². The summed E-state index contributed by atoms with van der Waals surface area (Å²) in [5.74, 6) is 0.107. The molecule has 1 aromatic heterocycles. The minimum atomic E-state index is -3.56. The van der Waals surface area contributed by atoms with Crippen molar-refractivity contribution in [3.63, 3.8) is 0 Å². The van der Waals surface area contributed by atoms with Crippen LogP contribution in [0.3, 0.4) is 0 Å². The van der Waals surface area contributed by atoms with E-state index in [-0.39, 0.29) is 10.8 Å². The second-order valence-electron chi connectivity index (χ2n) is 7.73. The van der Waals surface area contributed by atoms with Gasteiger partial charge in [-0.1, -0.05) is 51.5 Å². The van der Waals surface area contributed by atoms with Crippen molar-refractivity contribution >= 4 is 42.6 Å². The van der Waals surface area contributed by atoms with Crippen molar-refractivity contribution in [1.29, 1.82) is 0 Å². The van der Waals surface area contributed by atoms with Crippen LogP contribution < -0.4 is 5.32 Å². The summed E-state index contributed by atoms with van der Waals surface area (Å²) in [6.07, 6.45) is 1.74. The van der Waals surface area contributed by atoms with Gasteiger partial charge in [0, 0.05) is 18.7 Å². The van der Waals surface area contributed by atoms with Gasteiger partial charge in [-0.2, -0.15) is 4.31 Å². The Morgan fingerprint density at radius 3 is 2.45 bits per heavy atom. The number of thiazole rings is 1. The van der Waals surface area contributed by atoms with E-state index in [0.717, 1.165) is 23.1 Å². The second-order valence-corrected chi connectivity index (χ2v) is 10.7. The maximum Gasteiger partial charge on any atom is 0.257 e. The molecule has 1 N–H and O–H groups in total. The quantitative estimate of drug-likeness (QED) is 0.459. The number of hydrogen-bond donors (Lipinski definition) is 1. The van der Waals surface area contributed by atoms with Crippen LogP contribution in [0.15, 0.2) is 47.4 Å². The van der Waals surface area contributed by atoms with Crippen LogP contribution >= 0.6 is 11.3 Å². The SMILES string of the molecule is CCCCN(CC)S(=O)(=O)c1ccc(C(=O)Nc2nc3ccc(C(C)C)cc3s2)cc1. The molecule has 31 heavy (non-hydrogen) atoms. The number of fused-ring (bicyclic) bond motifs is 1. The van der Waals surface area contributed by atoms with Crippen LogP contribution in [0.1, 0.15) is 62.4 Å². The van der Waals surface area contributed by atoms with Crippen molar-refractivity contribution in [2.75, 3.05) is 18.4 Å². The molecule has 166 valence electrons. The third-order valence-corrected chi connectivity index (χ3v) is 8.09. The van der Waals surface area contributed by atoms with Crippen molar-refractivity contribution in [2.45, 2.75) is 51.3 Å². The smallest absolute Gasteiger partial charge is 0.257 e. The Morgan fingerprint density at radius 2 is 1.84 bits per heavy atom. The fourth-order valence-corrected chi connectivity index (χ4v) is 5.63. The first-order valence-corrected chi connectivity index (χ1v) is 12.8. The zero-order valence-corrected chi connectivity index (χ0v) is 20.0. The van der Waals surface area contributed by atoms with Crippen LogP contribution in [0.2, 0.25) is 0 Å². The second kappa shape index (κ2) is 9.89. The van der Waals surface area contributed by atoms with Gasteiger partial charge >= 0.3 is 0 Å². The molecule has 1 heterocycles. The number of benzene rings is 2. The van der Waals surface area contributed by atoms with Gasteiger partial charge in [-0.05, 0) is 54.3 Å². The van der Waals surface area contributed by atoms with Crippen LogP contribution in [-0.4, -0.2) is 36.7 Å². The number of carbonyl (C=O) groups is 1. The van der Waals surface area contributed by atoms with Gasteiger partial charge in [0.1, 0.15) is 0 Å². The molecular weight excluding hydrogens is 430 g/mol. The minimum absolute atomic E-state index is 0.197. The first kappa shape index (κ1) is 23.4. The molecule has 6 nitrogen and oxygen atoms in total. The van der Waals surface area contributed by atoms with E-state index in [4.69, 9.17) is 0 Å². The van der Waals surface area contributed by atoms with Crippen molar-refractivity contribution < 1.29 is 13.2 Å². The predicted octanol–water partition coefficient (Wildman–Crippen LogP) is 5.48. The Morgan fingerprint density at radius 1 is 1.13 bits per heavy atom. The molecule has 0 aliphatic rings. The van der Waals surface area contributed by atoms with Crippen LogP contribution in [0.5, 0.6) is 0 Å². The number of amides is 1. The zero-order valence-electron chi connectivity index (χ0n) is 18.4. The normalized spacial score (nSPS) is 12.1. The lowest BCUT2D eigenvalue weighted by Gasteiger charge is -2.20. The van der Waals surface area contributed by atoms with E-state index in [1.54, 1.807) is 12.1 Å². The van der Waals surface area contributed by atoms with E-state index < -0.39 is 10.0 Å². The molecule has 0 fully saturated rings. The number of anilines is 1. The molecular formula is C23H29N3O3S2. The Balaban J connectivity index is 1.75. The third-order valence-electron chi connectivity index (χ3n) is 5.17. The Kier molecular flexibility index (Phi) is 7.46. The van der Waals surface area contributed by atoms with Gasteiger partial charge in [0.25, 0.3) is 5.91 Å². The minimum Gasteiger partial charge on any atom is -0.298 e. The fourth-order valence-electron chi connectivity index (χ4n) is 3.23. The summed E-state index contributed by atoms with van der Waals surface area (Å²) >= 11 is 1.43. The molecule has 0 saturated carbocycles. The van der Waals surface area contributed by atoms with Crippen LogP contribution in [0.4, 0.5) is 5.13 Å². The molecule has 3 aromatic rings. The van der Waals surface area contributed by atoms with Crippen molar-refractivity contribution in [2.24, 2.45) is 0 Å². The highest BCUT2D eigenvalue weighted by atomic mass is 32.2. The number of sulfonamides is 1. The molecule has 8 heteroatoms. The average molecular weight is 460 g/mol. The molecule has 0 unspecified atom stereocenters. The Hall–Kier alpha value is -2.29. The first-order valence-electron chi connectivity index (χ1n) is 10.6. The van der Waals surface area contributed by atoms with E-state index >= 15 is 0 Å². The van der Waals surface area contributed by atoms with E-state index in [2.05, 4.69) is 36.3 Å². The molecule has 0 spiro atoms. The molecule has 2 aromatic carbocycles. The number of carbonyl (C=O) groups excluding carboxylic acids is 1. The van der Waals surface area contributed by atoms with Gasteiger partial charge < -0.3 is 0 Å². The first-order chi connectivity index (χ1) is 14.8. The van der Waals surface area contributed by atoms with Crippen molar-refractivity contribution in [3.8, 4) is 0 Å². The molecule has 0 bridgehead atoms. The highest BCUT2D eigenvalue weighted by Crippen LogP contribution is 2.29. The summed E-state index contributed by atoms with van der Waals surface area (Å²) in [7, 11) is -3.56. The molecule has 0 aliphatic heterocycles. The lowest BCUT2D eigenvalue weighted by molar-refractivity contribution is 0.102. The van der Waals surface area contributed by atoms with Crippen LogP contribution in [0.25, 0.3) is 10.2 Å². The lowest BCUT2D eigenvalue weighted by atomic mass is 10.0. The largest absolute Gasteiger partial charge is 0.298 e. The topological polar surface area (TPSA) is 79.4 Å². The molecule has 0 radical (unpaired) electrons. The number of unbranched alkanes of at least 4 members (excludes halogenated alkanes) is 1. The van der Waals surface area contributed by atoms with Gasteiger partial charge in [0.15, 0.2) is 5.13 Å². The molecule has 0 aliphatic carbocycles. The maximum absolute atomic E-state index is 12.8. The Bertz CT molecular complexity index is 1150. The van der Waals surface area contributed by atoms with Gasteiger partial charge in [-0.3, -0.25) is 10.1 Å². The number of nitrogens with zero attached hydrogens (tertiary/aromatic N) is 2. The van der Waals surface area contributed by atoms with Crippen molar-refractivity contribution in [1.82, 2.24) is 9.29 Å². The van der Waals surface area contributed by atoms with E-state index in [0.29, 0.717) is 29.7 Å². The Labute approximate surface area is 188 Å². The van der Waals surface area contributed by atoms with E-state index in [9.17, 15) is 13.2 Å². The summed E-state index contributed by atoms with van der Waals surface area (Å²) in [6.45, 7) is 9.05. The average Bonchev–Trinajstić information content (AvgIpc) is 3.15. The molecule has 1 amide bonds. The highest BCUT2D eigenvalue weighted by molar-refractivity contribution is 7.89. The molecule has 3 rings (SSSR count). The van der Waals surface area contributed by atoms with Crippen LogP contribution in [0, 0.1) is 0 Å². The highest BCUT2D eigenvalue weighted by Gasteiger charge is 2.23. The van der Waals surface area contributed by atoms with Crippen molar-refractivity contribution in [3.05, 3.63) is 53.6 Å². The predicted molar refractivity (Wildman–Crippen MR) is 127 cm³/mol. The third kappa shape index (κ3) is 5.31. The number of nitrogens with one attached hydrogen (secondary N) is 1. The maximum atomic E-state index is 12.8. The summed E-state index contributed by atoms with van der Waals surface area (Å²) in [6, 6.07) is 12.2. The number of hydrogen-bond acceptors (Lipinski definition) is 5. The lowest BCUT2D eigenvalue weighted by Crippen LogP contribution is -2.31. The van der Waals surface area contributed by atoms with Gasteiger partial charge in [-0.15, -0.1) is 0 Å². The summed E-state index contributed by atoms with van der Waals surface area (Å²) < 4.78 is 28.2. The van der Waals surface area contributed by atoms with Crippen LogP contribution in [-0.2, 0) is 10.0 Å². The molecule has 0 saturated heterocycles. The monoisotopic (exact) mass is 459 g/mol. The standard InChI is InChI=1S/C23H29N3O3S2/c1-5-7-14-26(6-2)31(28,29)19-11-8-17(9-12-19)22(27)25-23-24-20-13-10-18(16(3)4)15-21(20)30-23/h8-13,15-16H,5-7,14H2,1-4H3,(H,24,25,27). The van der Waals surface area contributed by atoms with E-state index in [1.165, 1.54) is 33.3 Å². The summed E-state index contributed by atoms with van der Waals surface area (Å²) in [4.78, 5) is 17.3. The summed E-state index contributed by atoms with van der Waals surface area (Å²) in [5.41, 5.74) is 2.46. The zero-order chi connectivity index (χ0) is 22.6. The number of aromatic nitrogens is 1. The summed E-state index contributed by atoms with van der Waals surface area (Å²) in [5, 5.41) is 3.35. The fraction of sp³-hybridized carbons (Fsp3) is 0.391. The van der Waals surface area contributed by atoms with Gasteiger partial charge in [-0.25, -0.2) is 13.4 Å².